The Kier molecular flexibility index (Phi) is 38.4. The lowest BCUT2D eigenvalue weighted by molar-refractivity contribution is -0.513. The maximum Gasteiger partial charge on any atom is 0.360 e. The molecular weight excluding hydrogens is 1070 g/mol. The second kappa shape index (κ2) is 36.6. The number of amides is 2. The summed E-state index contributed by atoms with van der Waals surface area (Å²) < 4.78 is 141. The molecular formula is C40H76N10O20S4. The highest BCUT2D eigenvalue weighted by atomic mass is 32.2. The van der Waals surface area contributed by atoms with E-state index in [4.69, 9.17) is 22.9 Å². The van der Waals surface area contributed by atoms with Crippen molar-refractivity contribution in [3.8, 4) is 0 Å². The van der Waals surface area contributed by atoms with E-state index in [-0.39, 0.29) is 56.6 Å². The van der Waals surface area contributed by atoms with Crippen LogP contribution in [0.2, 0.25) is 0 Å². The molecule has 0 radical (unpaired) electrons. The van der Waals surface area contributed by atoms with Crippen LogP contribution >= 0.6 is 0 Å². The number of rotatable bonds is 26. The Bertz CT molecular complexity index is 2510. The van der Waals surface area contributed by atoms with Crippen molar-refractivity contribution in [2.24, 2.45) is 22.9 Å². The standard InChI is InChI=1S/C16H10O12S4.2C12H27N5O.6H2O/c17-29(18,19)11-5-13(31(23,24)25)9-3-4-10-14(32(26,27)28)6-12(30(20,21)22)8-2-1-7(11)15(9)16(8)10;2*13-10-8-6-4-2-1-3-5-7-9-11(18)16-17-12(14)15;;;;;;/h1-6H,(H,17,18,19)(H,20,21,22)(H,23,24,25)(H,26,27,28);2*1-10,13H2,(H,16,18)(H4,14,15,17);6*1H2. The van der Waals surface area contributed by atoms with Crippen LogP contribution in [0.1, 0.15) is 116 Å². The first kappa shape index (κ1) is 77.6. The van der Waals surface area contributed by atoms with E-state index in [9.17, 15) is 61.5 Å². The number of nitrogens with two attached hydrogens (primary N) is 4. The summed E-state index contributed by atoms with van der Waals surface area (Å²) in [5, 5.41) is 1.88. The van der Waals surface area contributed by atoms with Gasteiger partial charge in [-0.2, -0.15) is 10.2 Å². The Balaban J connectivity index is -0.000000331. The zero-order valence-corrected chi connectivity index (χ0v) is 43.9. The van der Waals surface area contributed by atoms with Crippen molar-refractivity contribution in [1.29, 1.82) is 0 Å². The molecule has 0 fully saturated rings. The van der Waals surface area contributed by atoms with E-state index < -0.39 is 92.4 Å². The fourth-order valence-electron chi connectivity index (χ4n) is 7.15. The topological polar surface area (TPSA) is 663 Å². The highest BCUT2D eigenvalue weighted by Gasteiger charge is 2.24. The van der Waals surface area contributed by atoms with E-state index >= 15 is 0 Å². The van der Waals surface area contributed by atoms with Crippen molar-refractivity contribution in [3.05, 3.63) is 36.4 Å². The summed E-state index contributed by atoms with van der Waals surface area (Å²) in [6, 6.07) is 4.27. The fourth-order valence-corrected chi connectivity index (χ4v) is 10.1. The third kappa shape index (κ3) is 26.3. The van der Waals surface area contributed by atoms with E-state index in [1.165, 1.54) is 77.0 Å². The molecule has 0 saturated heterocycles. The maximum absolute atomic E-state index is 11.8. The first-order valence-electron chi connectivity index (χ1n) is 21.8. The zero-order chi connectivity index (χ0) is 51.3. The number of guanidine groups is 2. The number of carbonyl (C=O) groups is 2. The summed E-state index contributed by atoms with van der Waals surface area (Å²) in [5.74, 6) is -0.131. The van der Waals surface area contributed by atoms with Gasteiger partial charge in [0.15, 0.2) is 0 Å². The van der Waals surface area contributed by atoms with Crippen LogP contribution in [0.3, 0.4) is 0 Å². The van der Waals surface area contributed by atoms with E-state index in [0.29, 0.717) is 25.0 Å². The number of benzene rings is 4. The second-order valence-corrected chi connectivity index (χ2v) is 21.1. The van der Waals surface area contributed by atoms with Gasteiger partial charge in [0.25, 0.3) is 0 Å². The monoisotopic (exact) mass is 1140 g/mol. The summed E-state index contributed by atoms with van der Waals surface area (Å²) in [6.07, 6.45) is 20.3. The summed E-state index contributed by atoms with van der Waals surface area (Å²) in [7, 11) is -21.6. The molecule has 34 heteroatoms. The third-order valence-corrected chi connectivity index (χ3v) is 13.8. The Labute approximate surface area is 429 Å². The predicted octanol–water partition coefficient (Wildman–Crippen LogP) is -8.50. The molecule has 0 saturated carbocycles. The average Bonchev–Trinajstić information content (AvgIpc) is 3.24. The molecule has 0 aromatic heterocycles. The number of hydrogen-bond donors (Lipinski definition) is 10. The SMILES string of the molecule is NC(N)=[NH+]NC(=O)CCCCCCCCCC[NH3+].NC(N)=[NH+]NC(=O)CCCCCCCCCC[NH3+].O.O.O.O.O.O.O=S(=O)([O-])c1cc(S(=O)(=O)[O-])c2ccc3c(S(=O)(=O)[O-])cc(S(=O)(=O)[O-])c4ccc1c2c43. The van der Waals surface area contributed by atoms with Crippen molar-refractivity contribution in [3.63, 3.8) is 0 Å². The Morgan fingerprint density at radius 1 is 0.405 bits per heavy atom. The van der Waals surface area contributed by atoms with Crippen LogP contribution in [-0.4, -0.2) is 122 Å². The molecule has 0 heterocycles. The van der Waals surface area contributed by atoms with Crippen molar-refractivity contribution < 1.29 is 116 Å². The average molecular weight is 1150 g/mol. The van der Waals surface area contributed by atoms with Crippen molar-refractivity contribution in [1.82, 2.24) is 10.9 Å². The molecule has 430 valence electrons. The van der Waals surface area contributed by atoms with Gasteiger partial charge in [-0.15, -0.1) is 0 Å². The van der Waals surface area contributed by atoms with E-state index in [1.807, 2.05) is 0 Å². The van der Waals surface area contributed by atoms with Crippen LogP contribution in [0.25, 0.3) is 32.3 Å². The van der Waals surface area contributed by atoms with Crippen molar-refractivity contribution in [2.75, 3.05) is 13.1 Å². The maximum atomic E-state index is 11.8. The number of unbranched alkanes of at least 4 members (excludes halogenated alkanes) is 14. The largest absolute Gasteiger partial charge is 0.744 e. The molecule has 4 aromatic carbocycles. The fraction of sp³-hybridized carbons (Fsp3) is 0.500. The molecule has 4 rings (SSSR count). The molecule has 0 spiro atoms. The highest BCUT2D eigenvalue weighted by Crippen LogP contribution is 2.44. The zero-order valence-electron chi connectivity index (χ0n) is 40.7. The van der Waals surface area contributed by atoms with Gasteiger partial charge < -0.3 is 62.5 Å². The molecule has 0 aliphatic carbocycles. The minimum atomic E-state index is -5.40. The lowest BCUT2D eigenvalue weighted by atomic mass is 9.94. The molecule has 2 amide bonds. The molecule has 0 aliphatic rings. The van der Waals surface area contributed by atoms with Gasteiger partial charge in [0.05, 0.1) is 32.7 Å². The van der Waals surface area contributed by atoms with Gasteiger partial charge in [-0.3, -0.25) is 32.5 Å². The van der Waals surface area contributed by atoms with Gasteiger partial charge in [-0.05, 0) is 61.4 Å². The van der Waals surface area contributed by atoms with Gasteiger partial charge in [-0.25, -0.2) is 44.5 Å². The number of quaternary nitrogens is 2. The Hall–Kier alpha value is -5.28. The van der Waals surface area contributed by atoms with Crippen LogP contribution in [0, 0.1) is 0 Å². The first-order valence-corrected chi connectivity index (χ1v) is 27.4. The van der Waals surface area contributed by atoms with E-state index in [0.717, 1.165) is 63.0 Å². The summed E-state index contributed by atoms with van der Waals surface area (Å²) in [4.78, 5) is 17.9. The number of hydrazone groups is 2. The lowest BCUT2D eigenvalue weighted by Crippen LogP contribution is -2.88. The van der Waals surface area contributed by atoms with Gasteiger partial charge in [0, 0.05) is 34.4 Å². The number of hydrogen-bond acceptors (Lipinski definition) is 14. The van der Waals surface area contributed by atoms with E-state index in [2.05, 4.69) is 32.5 Å². The smallest absolute Gasteiger partial charge is 0.360 e. The predicted molar refractivity (Wildman–Crippen MR) is 267 cm³/mol. The molecule has 4 aromatic rings. The highest BCUT2D eigenvalue weighted by molar-refractivity contribution is 7.87. The van der Waals surface area contributed by atoms with Crippen molar-refractivity contribution >= 4 is 96.5 Å². The Morgan fingerprint density at radius 3 is 0.797 bits per heavy atom. The summed E-state index contributed by atoms with van der Waals surface area (Å²) in [5.41, 5.74) is 33.1. The van der Waals surface area contributed by atoms with Crippen molar-refractivity contribution in [2.45, 2.75) is 135 Å². The lowest BCUT2D eigenvalue weighted by Gasteiger charge is -2.23. The van der Waals surface area contributed by atoms with Crippen LogP contribution in [0.5, 0.6) is 0 Å². The summed E-state index contributed by atoms with van der Waals surface area (Å²) >= 11 is 0. The van der Waals surface area contributed by atoms with Gasteiger partial charge in [0.1, 0.15) is 40.5 Å². The van der Waals surface area contributed by atoms with Crippen LogP contribution in [-0.2, 0) is 50.1 Å². The molecule has 74 heavy (non-hydrogen) atoms. The molecule has 0 unspecified atom stereocenters. The number of carbonyl (C=O) groups excluding carboxylic acids is 2. The minimum Gasteiger partial charge on any atom is -0.744 e. The molecule has 30 nitrogen and oxygen atoms in total. The quantitative estimate of drug-likeness (QED) is 0.00697. The van der Waals surface area contributed by atoms with E-state index in [1.54, 1.807) is 0 Å². The molecule has 0 bridgehead atoms. The molecule has 30 N–H and O–H groups in total. The second-order valence-electron chi connectivity index (χ2n) is 15.8. The van der Waals surface area contributed by atoms with Gasteiger partial charge in [-0.1, -0.05) is 88.5 Å². The molecule has 0 aliphatic heterocycles. The molecule has 0 atom stereocenters. The minimum absolute atomic E-state index is 0. The summed E-state index contributed by atoms with van der Waals surface area (Å²) in [6.45, 7) is 2.10. The third-order valence-electron chi connectivity index (χ3n) is 10.3. The van der Waals surface area contributed by atoms with Crippen LogP contribution < -0.4 is 55.5 Å². The van der Waals surface area contributed by atoms with Crippen LogP contribution in [0.4, 0.5) is 0 Å². The number of hydrazine groups is 2. The van der Waals surface area contributed by atoms with Gasteiger partial charge >= 0.3 is 11.9 Å². The normalized spacial score (nSPS) is 10.9. The number of nitrogens with one attached hydrogen (secondary N) is 4. The first-order chi connectivity index (χ1) is 31.7. The van der Waals surface area contributed by atoms with Gasteiger partial charge in [0.2, 0.25) is 11.8 Å². The Morgan fingerprint density at radius 2 is 0.608 bits per heavy atom. The van der Waals surface area contributed by atoms with Crippen LogP contribution in [0.15, 0.2) is 56.0 Å².